The lowest BCUT2D eigenvalue weighted by atomic mass is 9.65. The maximum Gasteiger partial charge on any atom is 0.225 e. The number of nitrogens with zero attached hydrogens (tertiary/aromatic N) is 1. The summed E-state index contributed by atoms with van der Waals surface area (Å²) in [7, 11) is 0. The molecule has 1 heterocycles. The SMILES string of the molecule is CC(C)C(=O)N1CCC2(CCCCC2N)CC1. The highest BCUT2D eigenvalue weighted by Gasteiger charge is 2.41. The Balaban J connectivity index is 1.95. The molecule has 1 amide bonds. The third-order valence-electron chi connectivity index (χ3n) is 4.79. The lowest BCUT2D eigenvalue weighted by Gasteiger charge is -2.48. The first-order valence-electron chi connectivity index (χ1n) is 7.09. The summed E-state index contributed by atoms with van der Waals surface area (Å²) >= 11 is 0. The van der Waals surface area contributed by atoms with E-state index in [2.05, 4.69) is 0 Å². The van der Waals surface area contributed by atoms with Crippen LogP contribution in [0.15, 0.2) is 0 Å². The fourth-order valence-electron chi connectivity index (χ4n) is 3.49. The number of nitrogens with two attached hydrogens (primary N) is 1. The lowest BCUT2D eigenvalue weighted by molar-refractivity contribution is -0.137. The highest BCUT2D eigenvalue weighted by Crippen LogP contribution is 2.43. The molecule has 0 bridgehead atoms. The van der Waals surface area contributed by atoms with Crippen LogP contribution >= 0.6 is 0 Å². The van der Waals surface area contributed by atoms with E-state index in [0.29, 0.717) is 17.4 Å². The van der Waals surface area contributed by atoms with Gasteiger partial charge in [-0.3, -0.25) is 4.79 Å². The average Bonchev–Trinajstić information content (AvgIpc) is 2.33. The Labute approximate surface area is 105 Å². The fourth-order valence-corrected chi connectivity index (χ4v) is 3.49. The molecule has 2 N–H and O–H groups in total. The van der Waals surface area contributed by atoms with E-state index in [0.717, 1.165) is 25.9 Å². The zero-order chi connectivity index (χ0) is 12.5. The van der Waals surface area contributed by atoms with Gasteiger partial charge in [0.15, 0.2) is 0 Å². The standard InChI is InChI=1S/C14H26N2O/c1-11(2)13(17)16-9-7-14(8-10-16)6-4-3-5-12(14)15/h11-12H,3-10,15H2,1-2H3. The zero-order valence-electron chi connectivity index (χ0n) is 11.2. The smallest absolute Gasteiger partial charge is 0.225 e. The zero-order valence-corrected chi connectivity index (χ0v) is 11.2. The molecule has 0 aromatic heterocycles. The van der Waals surface area contributed by atoms with Crippen LogP contribution in [0.4, 0.5) is 0 Å². The van der Waals surface area contributed by atoms with Crippen LogP contribution in [-0.4, -0.2) is 29.9 Å². The molecule has 0 radical (unpaired) electrons. The molecule has 3 nitrogen and oxygen atoms in total. The predicted octanol–water partition coefficient (Wildman–Crippen LogP) is 2.15. The Morgan fingerprint density at radius 3 is 2.41 bits per heavy atom. The van der Waals surface area contributed by atoms with Crippen LogP contribution < -0.4 is 5.73 Å². The predicted molar refractivity (Wildman–Crippen MR) is 69.5 cm³/mol. The van der Waals surface area contributed by atoms with E-state index in [1.165, 1.54) is 25.7 Å². The van der Waals surface area contributed by atoms with Gasteiger partial charge in [0.2, 0.25) is 5.91 Å². The molecule has 1 spiro atoms. The van der Waals surface area contributed by atoms with Crippen LogP contribution in [0, 0.1) is 11.3 Å². The van der Waals surface area contributed by atoms with Crippen molar-refractivity contribution in [2.75, 3.05) is 13.1 Å². The molecule has 17 heavy (non-hydrogen) atoms. The number of piperidine rings is 1. The van der Waals surface area contributed by atoms with E-state index >= 15 is 0 Å². The quantitative estimate of drug-likeness (QED) is 0.761. The first-order chi connectivity index (χ1) is 8.05. The van der Waals surface area contributed by atoms with E-state index in [1.54, 1.807) is 0 Å². The molecule has 3 heteroatoms. The molecule has 0 aromatic rings. The first kappa shape index (κ1) is 12.9. The van der Waals surface area contributed by atoms with Gasteiger partial charge in [-0.2, -0.15) is 0 Å². The van der Waals surface area contributed by atoms with Crippen molar-refractivity contribution in [3.8, 4) is 0 Å². The van der Waals surface area contributed by atoms with Gasteiger partial charge in [0.1, 0.15) is 0 Å². The highest BCUT2D eigenvalue weighted by molar-refractivity contribution is 5.78. The van der Waals surface area contributed by atoms with Crippen LogP contribution in [0.5, 0.6) is 0 Å². The minimum atomic E-state index is 0.129. The van der Waals surface area contributed by atoms with E-state index < -0.39 is 0 Å². The number of likely N-dealkylation sites (tertiary alicyclic amines) is 1. The van der Waals surface area contributed by atoms with Crippen molar-refractivity contribution in [3.63, 3.8) is 0 Å². The fraction of sp³-hybridized carbons (Fsp3) is 0.929. The molecular formula is C14H26N2O. The normalized spacial score (nSPS) is 28.7. The van der Waals surface area contributed by atoms with Crippen molar-refractivity contribution in [1.29, 1.82) is 0 Å². The number of amides is 1. The average molecular weight is 238 g/mol. The largest absolute Gasteiger partial charge is 0.342 e. The van der Waals surface area contributed by atoms with Gasteiger partial charge in [0.25, 0.3) is 0 Å². The minimum Gasteiger partial charge on any atom is -0.342 e. The van der Waals surface area contributed by atoms with Gasteiger partial charge in [-0.1, -0.05) is 26.7 Å². The Bertz CT molecular complexity index is 280. The van der Waals surface area contributed by atoms with E-state index in [4.69, 9.17) is 5.73 Å². The number of rotatable bonds is 1. The monoisotopic (exact) mass is 238 g/mol. The maximum absolute atomic E-state index is 11.9. The molecule has 0 aromatic carbocycles. The van der Waals surface area contributed by atoms with Crippen LogP contribution in [0.3, 0.4) is 0 Å². The van der Waals surface area contributed by atoms with Gasteiger partial charge in [0.05, 0.1) is 0 Å². The van der Waals surface area contributed by atoms with E-state index in [1.807, 2.05) is 18.7 Å². The van der Waals surface area contributed by atoms with E-state index in [9.17, 15) is 4.79 Å². The molecule has 2 aliphatic rings. The lowest BCUT2D eigenvalue weighted by Crippen LogP contribution is -2.52. The molecule has 2 fully saturated rings. The second kappa shape index (κ2) is 4.97. The van der Waals surface area contributed by atoms with Crippen molar-refractivity contribution < 1.29 is 4.79 Å². The van der Waals surface area contributed by atoms with E-state index in [-0.39, 0.29) is 5.92 Å². The van der Waals surface area contributed by atoms with Crippen molar-refractivity contribution >= 4 is 5.91 Å². The second-order valence-electron chi connectivity index (χ2n) is 6.19. The number of hydrogen-bond acceptors (Lipinski definition) is 2. The third kappa shape index (κ3) is 2.49. The van der Waals surface area contributed by atoms with Gasteiger partial charge in [-0.05, 0) is 31.1 Å². The Kier molecular flexibility index (Phi) is 3.76. The summed E-state index contributed by atoms with van der Waals surface area (Å²) < 4.78 is 0. The van der Waals surface area contributed by atoms with Crippen molar-refractivity contribution in [3.05, 3.63) is 0 Å². The van der Waals surface area contributed by atoms with Crippen LogP contribution in [0.2, 0.25) is 0 Å². The van der Waals surface area contributed by atoms with Gasteiger partial charge in [0, 0.05) is 25.0 Å². The van der Waals surface area contributed by atoms with Crippen molar-refractivity contribution in [2.24, 2.45) is 17.1 Å². The molecule has 98 valence electrons. The molecule has 1 aliphatic heterocycles. The number of carbonyl (C=O) groups excluding carboxylic acids is 1. The van der Waals surface area contributed by atoms with Crippen molar-refractivity contribution in [2.45, 2.75) is 58.4 Å². The molecule has 1 aliphatic carbocycles. The van der Waals surface area contributed by atoms with Crippen LogP contribution in [0.25, 0.3) is 0 Å². The summed E-state index contributed by atoms with van der Waals surface area (Å²) in [5.41, 5.74) is 6.68. The Morgan fingerprint density at radius 2 is 1.88 bits per heavy atom. The van der Waals surface area contributed by atoms with Crippen LogP contribution in [0.1, 0.15) is 52.4 Å². The topological polar surface area (TPSA) is 46.3 Å². The summed E-state index contributed by atoms with van der Waals surface area (Å²) in [5, 5.41) is 0. The highest BCUT2D eigenvalue weighted by atomic mass is 16.2. The maximum atomic E-state index is 11.9. The summed E-state index contributed by atoms with van der Waals surface area (Å²) in [5.74, 6) is 0.438. The van der Waals surface area contributed by atoms with Gasteiger partial charge < -0.3 is 10.6 Å². The minimum absolute atomic E-state index is 0.129. The number of hydrogen-bond donors (Lipinski definition) is 1. The number of carbonyl (C=O) groups is 1. The molecular weight excluding hydrogens is 212 g/mol. The summed E-state index contributed by atoms with van der Waals surface area (Å²) in [6.07, 6.45) is 7.30. The van der Waals surface area contributed by atoms with Crippen LogP contribution in [-0.2, 0) is 4.79 Å². The third-order valence-corrected chi connectivity index (χ3v) is 4.79. The molecule has 1 saturated carbocycles. The van der Waals surface area contributed by atoms with Gasteiger partial charge in [-0.15, -0.1) is 0 Å². The Morgan fingerprint density at radius 1 is 1.24 bits per heavy atom. The van der Waals surface area contributed by atoms with Gasteiger partial charge in [-0.25, -0.2) is 0 Å². The molecule has 1 saturated heterocycles. The Hall–Kier alpha value is -0.570. The summed E-state index contributed by atoms with van der Waals surface area (Å²) in [6.45, 7) is 5.81. The molecule has 2 rings (SSSR count). The van der Waals surface area contributed by atoms with Crippen molar-refractivity contribution in [1.82, 2.24) is 4.90 Å². The first-order valence-corrected chi connectivity index (χ1v) is 7.09. The summed E-state index contributed by atoms with van der Waals surface area (Å²) in [4.78, 5) is 14.0. The summed E-state index contributed by atoms with van der Waals surface area (Å²) in [6, 6.07) is 0.368. The van der Waals surface area contributed by atoms with Gasteiger partial charge >= 0.3 is 0 Å². The second-order valence-corrected chi connectivity index (χ2v) is 6.19. The molecule has 1 unspecified atom stereocenters. The molecule has 1 atom stereocenters.